The monoisotopic (exact) mass is 353 g/mol. The van der Waals surface area contributed by atoms with Crippen molar-refractivity contribution in [2.45, 2.75) is 72.3 Å². The van der Waals surface area contributed by atoms with Crippen LogP contribution in [-0.2, 0) is 6.42 Å². The SMILES string of the molecule is CCCCC(CC)(CNC(C)(C)C)Cc1ccccc1Br. The fourth-order valence-electron chi connectivity index (χ4n) is 2.72. The smallest absolute Gasteiger partial charge is 0.0207 e. The Morgan fingerprint density at radius 3 is 2.29 bits per heavy atom. The molecule has 0 spiro atoms. The van der Waals surface area contributed by atoms with E-state index in [1.807, 2.05) is 0 Å². The van der Waals surface area contributed by atoms with Gasteiger partial charge in [0.1, 0.15) is 0 Å². The molecule has 1 aromatic rings. The van der Waals surface area contributed by atoms with Crippen LogP contribution < -0.4 is 5.32 Å². The van der Waals surface area contributed by atoms with E-state index in [2.05, 4.69) is 80.1 Å². The highest BCUT2D eigenvalue weighted by molar-refractivity contribution is 9.10. The second-order valence-electron chi connectivity index (χ2n) is 7.33. The van der Waals surface area contributed by atoms with Crippen LogP contribution in [0.25, 0.3) is 0 Å². The number of rotatable bonds is 8. The third-order valence-electron chi connectivity index (χ3n) is 4.33. The molecule has 0 radical (unpaired) electrons. The molecule has 0 fully saturated rings. The standard InChI is InChI=1S/C19H32BrN/c1-6-8-13-19(7-2,15-21-18(3,4)5)14-16-11-9-10-12-17(16)20/h9-12,21H,6-8,13-15H2,1-5H3. The molecule has 0 aliphatic rings. The van der Waals surface area contributed by atoms with Crippen molar-refractivity contribution in [3.8, 4) is 0 Å². The van der Waals surface area contributed by atoms with Gasteiger partial charge in [0.15, 0.2) is 0 Å². The van der Waals surface area contributed by atoms with Gasteiger partial charge < -0.3 is 5.32 Å². The fourth-order valence-corrected chi connectivity index (χ4v) is 3.14. The minimum absolute atomic E-state index is 0.181. The maximum absolute atomic E-state index is 3.75. The molecule has 0 heterocycles. The molecule has 1 N–H and O–H groups in total. The van der Waals surface area contributed by atoms with E-state index in [0.717, 1.165) is 13.0 Å². The van der Waals surface area contributed by atoms with E-state index in [1.54, 1.807) is 0 Å². The van der Waals surface area contributed by atoms with Crippen molar-refractivity contribution in [2.75, 3.05) is 6.54 Å². The molecule has 0 aliphatic heterocycles. The molecule has 0 aliphatic carbocycles. The predicted molar refractivity (Wildman–Crippen MR) is 97.9 cm³/mol. The maximum atomic E-state index is 3.75. The van der Waals surface area contributed by atoms with E-state index in [4.69, 9.17) is 0 Å². The molecule has 21 heavy (non-hydrogen) atoms. The van der Waals surface area contributed by atoms with Crippen LogP contribution >= 0.6 is 15.9 Å². The summed E-state index contributed by atoms with van der Waals surface area (Å²) in [4.78, 5) is 0. The Hall–Kier alpha value is -0.340. The molecular weight excluding hydrogens is 322 g/mol. The van der Waals surface area contributed by atoms with Gasteiger partial charge in [-0.15, -0.1) is 0 Å². The zero-order chi connectivity index (χ0) is 15.9. The van der Waals surface area contributed by atoms with Crippen LogP contribution in [0.5, 0.6) is 0 Å². The van der Waals surface area contributed by atoms with Crippen LogP contribution in [0.1, 0.15) is 65.9 Å². The quantitative estimate of drug-likeness (QED) is 0.607. The summed E-state index contributed by atoms with van der Waals surface area (Å²) < 4.78 is 1.25. The number of hydrogen-bond donors (Lipinski definition) is 1. The molecule has 0 aromatic heterocycles. The first-order valence-corrected chi connectivity index (χ1v) is 9.09. The molecule has 0 bridgehead atoms. The lowest BCUT2D eigenvalue weighted by atomic mass is 9.74. The molecule has 1 unspecified atom stereocenters. The fraction of sp³-hybridized carbons (Fsp3) is 0.684. The number of halogens is 1. The number of benzene rings is 1. The first-order valence-electron chi connectivity index (χ1n) is 8.30. The van der Waals surface area contributed by atoms with Crippen molar-refractivity contribution in [2.24, 2.45) is 5.41 Å². The van der Waals surface area contributed by atoms with Crippen LogP contribution in [0.4, 0.5) is 0 Å². The van der Waals surface area contributed by atoms with Crippen molar-refractivity contribution in [1.29, 1.82) is 0 Å². The van der Waals surface area contributed by atoms with E-state index >= 15 is 0 Å². The highest BCUT2D eigenvalue weighted by atomic mass is 79.9. The molecule has 1 atom stereocenters. The third kappa shape index (κ3) is 6.52. The summed E-state index contributed by atoms with van der Waals surface area (Å²) in [5.41, 5.74) is 1.97. The second-order valence-corrected chi connectivity index (χ2v) is 8.18. The molecule has 0 saturated heterocycles. The first kappa shape index (κ1) is 18.7. The van der Waals surface area contributed by atoms with Crippen molar-refractivity contribution < 1.29 is 0 Å². The zero-order valence-corrected chi connectivity index (χ0v) is 16.0. The van der Waals surface area contributed by atoms with E-state index in [0.29, 0.717) is 5.41 Å². The van der Waals surface area contributed by atoms with Gasteiger partial charge in [-0.2, -0.15) is 0 Å². The molecule has 0 saturated carbocycles. The van der Waals surface area contributed by atoms with Gasteiger partial charge in [-0.1, -0.05) is 60.8 Å². The van der Waals surface area contributed by atoms with Gasteiger partial charge in [-0.05, 0) is 57.1 Å². The van der Waals surface area contributed by atoms with Gasteiger partial charge in [-0.3, -0.25) is 0 Å². The summed E-state index contributed by atoms with van der Waals surface area (Å²) in [6.45, 7) is 12.5. The Labute approximate surface area is 140 Å². The molecule has 1 aromatic carbocycles. The summed E-state index contributed by atoms with van der Waals surface area (Å²) >= 11 is 3.72. The Bertz CT molecular complexity index is 422. The maximum Gasteiger partial charge on any atom is 0.0207 e. The highest BCUT2D eigenvalue weighted by Crippen LogP contribution is 2.35. The number of unbranched alkanes of at least 4 members (excludes halogenated alkanes) is 1. The first-order chi connectivity index (χ1) is 9.82. The average molecular weight is 354 g/mol. The third-order valence-corrected chi connectivity index (χ3v) is 5.10. The van der Waals surface area contributed by atoms with E-state index in [1.165, 1.54) is 35.7 Å². The topological polar surface area (TPSA) is 12.0 Å². The average Bonchev–Trinajstić information content (AvgIpc) is 2.43. The summed E-state index contributed by atoms with van der Waals surface area (Å²) in [7, 11) is 0. The molecule has 1 nitrogen and oxygen atoms in total. The Kier molecular flexibility index (Phi) is 7.42. The zero-order valence-electron chi connectivity index (χ0n) is 14.4. The van der Waals surface area contributed by atoms with Gasteiger partial charge in [0.05, 0.1) is 0 Å². The number of hydrogen-bond acceptors (Lipinski definition) is 1. The van der Waals surface area contributed by atoms with Gasteiger partial charge in [-0.25, -0.2) is 0 Å². The van der Waals surface area contributed by atoms with Crippen LogP contribution in [0.2, 0.25) is 0 Å². The van der Waals surface area contributed by atoms with E-state index in [-0.39, 0.29) is 5.54 Å². The Morgan fingerprint density at radius 1 is 1.10 bits per heavy atom. The molecule has 2 heteroatoms. The van der Waals surface area contributed by atoms with E-state index in [9.17, 15) is 0 Å². The molecule has 120 valence electrons. The van der Waals surface area contributed by atoms with Crippen molar-refractivity contribution in [3.63, 3.8) is 0 Å². The van der Waals surface area contributed by atoms with Crippen LogP contribution in [0, 0.1) is 5.41 Å². The molecule has 0 amide bonds. The second kappa shape index (κ2) is 8.33. The lowest BCUT2D eigenvalue weighted by molar-refractivity contribution is 0.206. The number of nitrogens with one attached hydrogen (secondary N) is 1. The minimum Gasteiger partial charge on any atom is -0.312 e. The van der Waals surface area contributed by atoms with Gasteiger partial charge in [0.25, 0.3) is 0 Å². The minimum atomic E-state index is 0.181. The summed E-state index contributed by atoms with van der Waals surface area (Å²) in [5, 5.41) is 3.75. The van der Waals surface area contributed by atoms with Crippen LogP contribution in [-0.4, -0.2) is 12.1 Å². The van der Waals surface area contributed by atoms with Crippen molar-refractivity contribution in [3.05, 3.63) is 34.3 Å². The van der Waals surface area contributed by atoms with E-state index < -0.39 is 0 Å². The Balaban J connectivity index is 2.91. The normalized spacial score (nSPS) is 15.0. The summed E-state index contributed by atoms with van der Waals surface area (Å²) in [5.74, 6) is 0. The predicted octanol–water partition coefficient (Wildman–Crippen LogP) is 5.97. The van der Waals surface area contributed by atoms with Crippen molar-refractivity contribution in [1.82, 2.24) is 5.32 Å². The van der Waals surface area contributed by atoms with Gasteiger partial charge >= 0.3 is 0 Å². The largest absolute Gasteiger partial charge is 0.312 e. The van der Waals surface area contributed by atoms with Crippen LogP contribution in [0.15, 0.2) is 28.7 Å². The lowest BCUT2D eigenvalue weighted by Gasteiger charge is -2.37. The molecule has 1 rings (SSSR count). The lowest BCUT2D eigenvalue weighted by Crippen LogP contribution is -2.44. The van der Waals surface area contributed by atoms with Crippen molar-refractivity contribution >= 4 is 15.9 Å². The van der Waals surface area contributed by atoms with Gasteiger partial charge in [0.2, 0.25) is 0 Å². The summed E-state index contributed by atoms with van der Waals surface area (Å²) in [6.07, 6.45) is 6.24. The van der Waals surface area contributed by atoms with Crippen LogP contribution in [0.3, 0.4) is 0 Å². The van der Waals surface area contributed by atoms with Gasteiger partial charge in [0, 0.05) is 16.6 Å². The molecular formula is C19H32BrN. The summed E-state index contributed by atoms with van der Waals surface area (Å²) in [6, 6.07) is 8.67. The Morgan fingerprint density at radius 2 is 1.76 bits per heavy atom. The highest BCUT2D eigenvalue weighted by Gasteiger charge is 2.29.